The number of piperidine rings is 1. The molecule has 2 rings (SSSR count). The lowest BCUT2D eigenvalue weighted by Crippen LogP contribution is -2.43. The Labute approximate surface area is 103 Å². The number of aliphatic hydroxyl groups is 1. The van der Waals surface area contributed by atoms with Gasteiger partial charge in [0.1, 0.15) is 0 Å². The van der Waals surface area contributed by atoms with Crippen molar-refractivity contribution >= 4 is 0 Å². The van der Waals surface area contributed by atoms with Gasteiger partial charge in [0.15, 0.2) is 0 Å². The predicted octanol–water partition coefficient (Wildman–Crippen LogP) is 1.32. The van der Waals surface area contributed by atoms with Crippen LogP contribution in [0.2, 0.25) is 0 Å². The molecule has 1 aliphatic heterocycles. The Morgan fingerprint density at radius 3 is 2.41 bits per heavy atom. The van der Waals surface area contributed by atoms with Crippen LogP contribution in [0.25, 0.3) is 0 Å². The molecule has 0 unspecified atom stereocenters. The predicted molar refractivity (Wildman–Crippen MR) is 69.7 cm³/mol. The molecule has 0 spiro atoms. The summed E-state index contributed by atoms with van der Waals surface area (Å²) in [5.41, 5.74) is 5.94. The van der Waals surface area contributed by atoms with Crippen molar-refractivity contribution in [1.82, 2.24) is 4.90 Å². The number of likely N-dealkylation sites (tertiary alicyclic amines) is 1. The first-order valence-electron chi connectivity index (χ1n) is 6.45. The van der Waals surface area contributed by atoms with Crippen molar-refractivity contribution < 1.29 is 5.11 Å². The van der Waals surface area contributed by atoms with Crippen LogP contribution in [0, 0.1) is 0 Å². The number of benzene rings is 1. The molecule has 1 saturated heterocycles. The average molecular weight is 234 g/mol. The first-order valence-corrected chi connectivity index (χ1v) is 6.45. The fraction of sp³-hybridized carbons (Fsp3) is 0.571. The topological polar surface area (TPSA) is 49.5 Å². The van der Waals surface area contributed by atoms with Crippen molar-refractivity contribution in [3.05, 3.63) is 35.9 Å². The van der Waals surface area contributed by atoms with Crippen LogP contribution >= 0.6 is 0 Å². The van der Waals surface area contributed by atoms with E-state index in [2.05, 4.69) is 4.90 Å². The van der Waals surface area contributed by atoms with E-state index in [1.807, 2.05) is 30.3 Å². The second-order valence-corrected chi connectivity index (χ2v) is 4.88. The lowest BCUT2D eigenvalue weighted by molar-refractivity contribution is -0.0258. The summed E-state index contributed by atoms with van der Waals surface area (Å²) in [6, 6.07) is 10.0. The molecule has 1 heterocycles. The van der Waals surface area contributed by atoms with Crippen molar-refractivity contribution in [3.8, 4) is 0 Å². The van der Waals surface area contributed by atoms with E-state index < -0.39 is 5.60 Å². The number of nitrogens with zero attached hydrogens (tertiary/aromatic N) is 1. The molecule has 1 aromatic carbocycles. The van der Waals surface area contributed by atoms with Gasteiger partial charge in [-0.05, 0) is 37.9 Å². The molecular formula is C14H22N2O. The van der Waals surface area contributed by atoms with Gasteiger partial charge in [0.25, 0.3) is 0 Å². The molecule has 1 fully saturated rings. The Kier molecular flexibility index (Phi) is 4.15. The summed E-state index contributed by atoms with van der Waals surface area (Å²) >= 11 is 0. The summed E-state index contributed by atoms with van der Waals surface area (Å²) in [5, 5.41) is 10.6. The SMILES string of the molecule is NCCCN1CCC(O)(c2ccccc2)CC1. The van der Waals surface area contributed by atoms with Gasteiger partial charge >= 0.3 is 0 Å². The summed E-state index contributed by atoms with van der Waals surface area (Å²) in [6.07, 6.45) is 2.69. The molecule has 3 heteroatoms. The zero-order valence-electron chi connectivity index (χ0n) is 10.3. The van der Waals surface area contributed by atoms with Gasteiger partial charge in [0.2, 0.25) is 0 Å². The maximum Gasteiger partial charge on any atom is 0.0920 e. The van der Waals surface area contributed by atoms with E-state index in [9.17, 15) is 5.11 Å². The van der Waals surface area contributed by atoms with Crippen molar-refractivity contribution in [1.29, 1.82) is 0 Å². The molecule has 0 aromatic heterocycles. The molecule has 1 aliphatic rings. The van der Waals surface area contributed by atoms with Gasteiger partial charge in [-0.2, -0.15) is 0 Å². The van der Waals surface area contributed by atoms with Crippen LogP contribution in [0.3, 0.4) is 0 Å². The average Bonchev–Trinajstić information content (AvgIpc) is 2.39. The number of hydrogen-bond donors (Lipinski definition) is 2. The first kappa shape index (κ1) is 12.6. The van der Waals surface area contributed by atoms with Crippen LogP contribution in [0.5, 0.6) is 0 Å². The summed E-state index contributed by atoms with van der Waals surface area (Å²) in [5.74, 6) is 0. The Hall–Kier alpha value is -0.900. The normalized spacial score (nSPS) is 20.4. The first-order chi connectivity index (χ1) is 8.24. The molecule has 3 N–H and O–H groups in total. The number of rotatable bonds is 4. The lowest BCUT2D eigenvalue weighted by atomic mass is 9.84. The lowest BCUT2D eigenvalue weighted by Gasteiger charge is -2.38. The minimum absolute atomic E-state index is 0.625. The second kappa shape index (κ2) is 5.63. The molecule has 0 saturated carbocycles. The molecule has 94 valence electrons. The van der Waals surface area contributed by atoms with Gasteiger partial charge in [-0.15, -0.1) is 0 Å². The molecule has 0 bridgehead atoms. The Balaban J connectivity index is 1.93. The Morgan fingerprint density at radius 1 is 1.18 bits per heavy atom. The largest absolute Gasteiger partial charge is 0.385 e. The molecular weight excluding hydrogens is 212 g/mol. The Morgan fingerprint density at radius 2 is 1.82 bits per heavy atom. The number of nitrogens with two attached hydrogens (primary N) is 1. The van der Waals surface area contributed by atoms with Crippen molar-refractivity contribution in [2.75, 3.05) is 26.2 Å². The van der Waals surface area contributed by atoms with Crippen LogP contribution in [0.4, 0.5) is 0 Å². The molecule has 0 aliphatic carbocycles. The monoisotopic (exact) mass is 234 g/mol. The standard InChI is InChI=1S/C14H22N2O/c15-9-4-10-16-11-7-14(17,8-12-16)13-5-2-1-3-6-13/h1-3,5-6,17H,4,7-12,15H2. The fourth-order valence-electron chi connectivity index (χ4n) is 2.50. The fourth-order valence-corrected chi connectivity index (χ4v) is 2.50. The van der Waals surface area contributed by atoms with E-state index in [1.165, 1.54) is 0 Å². The minimum Gasteiger partial charge on any atom is -0.385 e. The molecule has 0 radical (unpaired) electrons. The van der Waals surface area contributed by atoms with Gasteiger partial charge in [0, 0.05) is 13.1 Å². The summed E-state index contributed by atoms with van der Waals surface area (Å²) < 4.78 is 0. The highest BCUT2D eigenvalue weighted by molar-refractivity contribution is 5.22. The van der Waals surface area contributed by atoms with E-state index >= 15 is 0 Å². The van der Waals surface area contributed by atoms with Gasteiger partial charge in [0.05, 0.1) is 5.60 Å². The maximum absolute atomic E-state index is 10.6. The number of hydrogen-bond acceptors (Lipinski definition) is 3. The van der Waals surface area contributed by atoms with Crippen molar-refractivity contribution in [2.24, 2.45) is 5.73 Å². The summed E-state index contributed by atoms with van der Waals surface area (Å²) in [4.78, 5) is 2.39. The molecule has 0 atom stereocenters. The van der Waals surface area contributed by atoms with Crippen LogP contribution < -0.4 is 5.73 Å². The molecule has 17 heavy (non-hydrogen) atoms. The smallest absolute Gasteiger partial charge is 0.0920 e. The van der Waals surface area contributed by atoms with Crippen molar-refractivity contribution in [2.45, 2.75) is 24.9 Å². The van der Waals surface area contributed by atoms with Crippen LogP contribution in [0.1, 0.15) is 24.8 Å². The maximum atomic E-state index is 10.6. The van der Waals surface area contributed by atoms with E-state index in [0.29, 0.717) is 0 Å². The highest BCUT2D eigenvalue weighted by Crippen LogP contribution is 2.32. The second-order valence-electron chi connectivity index (χ2n) is 4.88. The zero-order chi connectivity index (χ0) is 12.1. The van der Waals surface area contributed by atoms with Gasteiger partial charge in [-0.3, -0.25) is 0 Å². The van der Waals surface area contributed by atoms with Crippen LogP contribution in [-0.4, -0.2) is 36.2 Å². The molecule has 0 amide bonds. The minimum atomic E-state index is -0.625. The third-order valence-electron chi connectivity index (χ3n) is 3.67. The summed E-state index contributed by atoms with van der Waals surface area (Å²) in [6.45, 7) is 3.73. The summed E-state index contributed by atoms with van der Waals surface area (Å²) in [7, 11) is 0. The van der Waals surface area contributed by atoms with Crippen LogP contribution in [-0.2, 0) is 5.60 Å². The highest BCUT2D eigenvalue weighted by atomic mass is 16.3. The van der Waals surface area contributed by atoms with Gasteiger partial charge in [-0.1, -0.05) is 30.3 Å². The molecule has 3 nitrogen and oxygen atoms in total. The van der Waals surface area contributed by atoms with Crippen LogP contribution in [0.15, 0.2) is 30.3 Å². The Bertz CT molecular complexity index is 331. The molecule has 1 aromatic rings. The van der Waals surface area contributed by atoms with E-state index in [-0.39, 0.29) is 0 Å². The third-order valence-corrected chi connectivity index (χ3v) is 3.67. The quantitative estimate of drug-likeness (QED) is 0.826. The van der Waals surface area contributed by atoms with E-state index in [4.69, 9.17) is 5.73 Å². The van der Waals surface area contributed by atoms with Crippen molar-refractivity contribution in [3.63, 3.8) is 0 Å². The van der Waals surface area contributed by atoms with E-state index in [0.717, 1.165) is 51.0 Å². The van der Waals surface area contributed by atoms with Gasteiger partial charge in [-0.25, -0.2) is 0 Å². The third kappa shape index (κ3) is 3.06. The van der Waals surface area contributed by atoms with E-state index in [1.54, 1.807) is 0 Å². The van der Waals surface area contributed by atoms with Gasteiger partial charge < -0.3 is 15.7 Å². The zero-order valence-corrected chi connectivity index (χ0v) is 10.3. The highest BCUT2D eigenvalue weighted by Gasteiger charge is 2.33.